The highest BCUT2D eigenvalue weighted by Crippen LogP contribution is 2.15. The van der Waals surface area contributed by atoms with E-state index in [1.807, 2.05) is 24.3 Å². The van der Waals surface area contributed by atoms with Gasteiger partial charge in [0, 0.05) is 19.7 Å². The van der Waals surface area contributed by atoms with Crippen LogP contribution in [0.1, 0.15) is 50.6 Å². The summed E-state index contributed by atoms with van der Waals surface area (Å²) < 4.78 is 11.1. The number of rotatable bonds is 8. The van der Waals surface area contributed by atoms with Gasteiger partial charge in [-0.2, -0.15) is 0 Å². The third-order valence-electron chi connectivity index (χ3n) is 3.76. The topological polar surface area (TPSA) is 71.7 Å². The van der Waals surface area contributed by atoms with Crippen LogP contribution in [0, 0.1) is 5.92 Å². The molecule has 0 saturated heterocycles. The Morgan fingerprint density at radius 1 is 1.15 bits per heavy atom. The van der Waals surface area contributed by atoms with Gasteiger partial charge in [0.1, 0.15) is 5.75 Å². The molecular formula is C20H30N4O2. The quantitative estimate of drug-likeness (QED) is 0.556. The van der Waals surface area contributed by atoms with Crippen LogP contribution in [0.2, 0.25) is 0 Å². The van der Waals surface area contributed by atoms with E-state index in [0.29, 0.717) is 30.9 Å². The van der Waals surface area contributed by atoms with E-state index in [2.05, 4.69) is 54.5 Å². The molecule has 0 unspecified atom stereocenters. The second-order valence-electron chi connectivity index (χ2n) is 7.00. The first-order chi connectivity index (χ1) is 12.5. The van der Waals surface area contributed by atoms with E-state index >= 15 is 0 Å². The van der Waals surface area contributed by atoms with Gasteiger partial charge in [-0.05, 0) is 29.5 Å². The monoisotopic (exact) mass is 358 g/mol. The van der Waals surface area contributed by atoms with E-state index in [1.165, 1.54) is 0 Å². The third-order valence-corrected chi connectivity index (χ3v) is 3.76. The molecule has 1 aromatic heterocycles. The minimum absolute atomic E-state index is 0.357. The van der Waals surface area contributed by atoms with Crippen LogP contribution in [0.4, 0.5) is 0 Å². The highest BCUT2D eigenvalue weighted by molar-refractivity contribution is 5.79. The number of aliphatic imine (C=N–C) groups is 1. The molecule has 1 heterocycles. The van der Waals surface area contributed by atoms with E-state index in [9.17, 15) is 0 Å². The molecule has 142 valence electrons. The predicted octanol–water partition coefficient (Wildman–Crippen LogP) is 3.70. The van der Waals surface area contributed by atoms with Crippen LogP contribution in [0.5, 0.6) is 5.75 Å². The number of aromatic nitrogens is 1. The Hall–Kier alpha value is -2.50. The predicted molar refractivity (Wildman–Crippen MR) is 104 cm³/mol. The summed E-state index contributed by atoms with van der Waals surface area (Å²) in [7, 11) is 1.75. The van der Waals surface area contributed by atoms with Crippen LogP contribution in [0.3, 0.4) is 0 Å². The Balaban J connectivity index is 1.83. The van der Waals surface area contributed by atoms with Gasteiger partial charge in [0.05, 0.1) is 18.8 Å². The van der Waals surface area contributed by atoms with Gasteiger partial charge < -0.3 is 19.9 Å². The van der Waals surface area contributed by atoms with E-state index in [4.69, 9.17) is 9.26 Å². The van der Waals surface area contributed by atoms with Gasteiger partial charge in [-0.15, -0.1) is 0 Å². The van der Waals surface area contributed by atoms with Gasteiger partial charge in [-0.25, -0.2) is 0 Å². The number of benzene rings is 1. The van der Waals surface area contributed by atoms with Crippen molar-refractivity contribution in [3.8, 4) is 5.75 Å². The molecule has 0 amide bonds. The van der Waals surface area contributed by atoms with Crippen LogP contribution in [-0.4, -0.2) is 24.8 Å². The Labute approximate surface area is 156 Å². The van der Waals surface area contributed by atoms with Crippen LogP contribution in [0.15, 0.2) is 39.8 Å². The number of guanidine groups is 1. The minimum atomic E-state index is 0.357. The first-order valence-corrected chi connectivity index (χ1v) is 9.09. The Kier molecular flexibility index (Phi) is 7.51. The summed E-state index contributed by atoms with van der Waals surface area (Å²) in [6.45, 7) is 10.4. The van der Waals surface area contributed by atoms with Crippen LogP contribution in [0.25, 0.3) is 0 Å². The van der Waals surface area contributed by atoms with E-state index in [0.717, 1.165) is 29.4 Å². The van der Waals surface area contributed by atoms with E-state index < -0.39 is 0 Å². The lowest BCUT2D eigenvalue weighted by molar-refractivity contribution is 0.271. The molecule has 0 atom stereocenters. The molecule has 0 radical (unpaired) electrons. The lowest BCUT2D eigenvalue weighted by Crippen LogP contribution is -2.36. The van der Waals surface area contributed by atoms with Crippen molar-refractivity contribution in [1.82, 2.24) is 15.8 Å². The number of nitrogens with one attached hydrogen (secondary N) is 2. The van der Waals surface area contributed by atoms with Crippen molar-refractivity contribution in [1.29, 1.82) is 0 Å². The summed E-state index contributed by atoms with van der Waals surface area (Å²) >= 11 is 0. The van der Waals surface area contributed by atoms with Gasteiger partial charge in [-0.3, -0.25) is 4.99 Å². The normalized spacial score (nSPS) is 11.9. The Morgan fingerprint density at radius 3 is 2.58 bits per heavy atom. The fourth-order valence-electron chi connectivity index (χ4n) is 2.27. The maximum Gasteiger partial charge on any atom is 0.191 e. The lowest BCUT2D eigenvalue weighted by Gasteiger charge is -2.12. The first-order valence-electron chi connectivity index (χ1n) is 9.09. The van der Waals surface area contributed by atoms with Gasteiger partial charge in [0.15, 0.2) is 11.7 Å². The maximum atomic E-state index is 5.78. The number of hydrogen-bond donors (Lipinski definition) is 2. The average molecular weight is 358 g/mol. The van der Waals surface area contributed by atoms with Gasteiger partial charge in [0.25, 0.3) is 0 Å². The molecule has 2 aromatic rings. The molecule has 1 aromatic carbocycles. The summed E-state index contributed by atoms with van der Waals surface area (Å²) in [6.07, 6.45) is 0. The fraction of sp³-hybridized carbons (Fsp3) is 0.500. The molecular weight excluding hydrogens is 328 g/mol. The van der Waals surface area contributed by atoms with Crippen LogP contribution in [-0.2, 0) is 13.1 Å². The van der Waals surface area contributed by atoms with Crippen molar-refractivity contribution in [2.45, 2.75) is 46.7 Å². The van der Waals surface area contributed by atoms with Crippen molar-refractivity contribution >= 4 is 5.96 Å². The molecule has 0 saturated carbocycles. The summed E-state index contributed by atoms with van der Waals surface area (Å²) in [5.74, 6) is 3.26. The van der Waals surface area contributed by atoms with Crippen molar-refractivity contribution in [3.05, 3.63) is 47.3 Å². The number of ether oxygens (including phenoxy) is 1. The smallest absolute Gasteiger partial charge is 0.191 e. The number of nitrogens with zero attached hydrogens (tertiary/aromatic N) is 2. The molecule has 6 nitrogen and oxygen atoms in total. The Bertz CT molecular complexity index is 707. The first kappa shape index (κ1) is 19.8. The molecule has 0 aliphatic rings. The number of hydrogen-bond acceptors (Lipinski definition) is 4. The molecule has 0 aliphatic heterocycles. The molecule has 26 heavy (non-hydrogen) atoms. The third kappa shape index (κ3) is 6.43. The molecule has 0 aliphatic carbocycles. The van der Waals surface area contributed by atoms with Gasteiger partial charge >= 0.3 is 0 Å². The van der Waals surface area contributed by atoms with Crippen molar-refractivity contribution in [2.75, 3.05) is 13.7 Å². The molecule has 0 fully saturated rings. The summed E-state index contributed by atoms with van der Waals surface area (Å²) in [6, 6.07) is 10.1. The van der Waals surface area contributed by atoms with Gasteiger partial charge in [-0.1, -0.05) is 45.0 Å². The van der Waals surface area contributed by atoms with Gasteiger partial charge in [0.2, 0.25) is 0 Å². The summed E-state index contributed by atoms with van der Waals surface area (Å²) in [5, 5.41) is 10.6. The van der Waals surface area contributed by atoms with Crippen molar-refractivity contribution in [2.24, 2.45) is 10.9 Å². The maximum absolute atomic E-state index is 5.78. The highest BCUT2D eigenvalue weighted by atomic mass is 16.5. The summed E-state index contributed by atoms with van der Waals surface area (Å²) in [4.78, 5) is 4.24. The largest absolute Gasteiger partial charge is 0.493 e. The van der Waals surface area contributed by atoms with E-state index in [1.54, 1.807) is 7.05 Å². The SMILES string of the molecule is CN=C(NCc1cccc(OCC(C)C)c1)NCc1cc(C(C)C)no1. The van der Waals surface area contributed by atoms with Crippen molar-refractivity contribution in [3.63, 3.8) is 0 Å². The summed E-state index contributed by atoms with van der Waals surface area (Å²) in [5.41, 5.74) is 2.10. The molecule has 0 spiro atoms. The average Bonchev–Trinajstić information content (AvgIpc) is 3.10. The standard InChI is InChI=1S/C20H30N4O2/c1-14(2)13-25-17-8-6-7-16(9-17)11-22-20(21-5)23-12-18-10-19(15(3)4)24-26-18/h6-10,14-15H,11-13H2,1-5H3,(H2,21,22,23). The van der Waals surface area contributed by atoms with E-state index in [-0.39, 0.29) is 0 Å². The highest BCUT2D eigenvalue weighted by Gasteiger charge is 2.08. The van der Waals surface area contributed by atoms with Crippen molar-refractivity contribution < 1.29 is 9.26 Å². The second-order valence-corrected chi connectivity index (χ2v) is 7.00. The molecule has 2 N–H and O–H groups in total. The zero-order valence-electron chi connectivity index (χ0n) is 16.4. The zero-order chi connectivity index (χ0) is 18.9. The van der Waals surface area contributed by atoms with Crippen LogP contribution < -0.4 is 15.4 Å². The molecule has 2 rings (SSSR count). The minimum Gasteiger partial charge on any atom is -0.493 e. The fourth-order valence-corrected chi connectivity index (χ4v) is 2.27. The lowest BCUT2D eigenvalue weighted by atomic mass is 10.1. The zero-order valence-corrected chi connectivity index (χ0v) is 16.4. The molecule has 6 heteroatoms. The second kappa shape index (κ2) is 9.85. The molecule has 0 bridgehead atoms. The Morgan fingerprint density at radius 2 is 1.92 bits per heavy atom. The van der Waals surface area contributed by atoms with Crippen LogP contribution >= 0.6 is 0 Å².